The summed E-state index contributed by atoms with van der Waals surface area (Å²) in [6, 6.07) is 16.1. The van der Waals surface area contributed by atoms with Crippen molar-refractivity contribution in [3.63, 3.8) is 0 Å². The SMILES string of the molecule is CC1CO1.Cc1ccccc1Oc1ccccc1C. The molecule has 1 aliphatic rings. The smallest absolute Gasteiger partial charge is 0.130 e. The predicted octanol–water partition coefficient (Wildman–Crippen LogP) is 4.50. The highest BCUT2D eigenvalue weighted by atomic mass is 16.6. The lowest BCUT2D eigenvalue weighted by atomic mass is 10.2. The number of hydrogen-bond acceptors (Lipinski definition) is 2. The van der Waals surface area contributed by atoms with Crippen molar-refractivity contribution >= 4 is 0 Å². The first kappa shape index (κ1) is 13.6. The van der Waals surface area contributed by atoms with Gasteiger partial charge in [0.1, 0.15) is 11.5 Å². The van der Waals surface area contributed by atoms with Crippen LogP contribution in [0.5, 0.6) is 11.5 Å². The van der Waals surface area contributed by atoms with Gasteiger partial charge in [0.05, 0.1) is 12.7 Å². The molecule has 0 aliphatic carbocycles. The van der Waals surface area contributed by atoms with E-state index in [1.165, 1.54) is 0 Å². The summed E-state index contributed by atoms with van der Waals surface area (Å²) >= 11 is 0. The second kappa shape index (κ2) is 6.39. The van der Waals surface area contributed by atoms with E-state index in [-0.39, 0.29) is 0 Å². The summed E-state index contributed by atoms with van der Waals surface area (Å²) in [6.45, 7) is 7.14. The maximum absolute atomic E-state index is 5.84. The molecule has 0 amide bonds. The van der Waals surface area contributed by atoms with Crippen LogP contribution in [0.2, 0.25) is 0 Å². The Kier molecular flexibility index (Phi) is 4.58. The van der Waals surface area contributed by atoms with Gasteiger partial charge in [0, 0.05) is 0 Å². The fourth-order valence-corrected chi connectivity index (χ4v) is 1.56. The molecule has 2 aromatic rings. The second-order valence-corrected chi connectivity index (χ2v) is 4.78. The number of hydrogen-bond donors (Lipinski definition) is 0. The summed E-state index contributed by atoms with van der Waals surface area (Å²) in [6.07, 6.45) is 0.583. The third kappa shape index (κ3) is 4.42. The van der Waals surface area contributed by atoms with Gasteiger partial charge in [0.2, 0.25) is 0 Å². The van der Waals surface area contributed by atoms with Crippen LogP contribution in [0.15, 0.2) is 48.5 Å². The molecule has 2 heteroatoms. The summed E-state index contributed by atoms with van der Waals surface area (Å²) in [7, 11) is 0. The molecule has 2 nitrogen and oxygen atoms in total. The Morgan fingerprint density at radius 3 is 1.58 bits per heavy atom. The Hall–Kier alpha value is -1.80. The molecule has 3 rings (SSSR count). The number of aryl methyl sites for hydroxylation is 2. The number of para-hydroxylation sites is 2. The second-order valence-electron chi connectivity index (χ2n) is 4.78. The molecule has 0 saturated carbocycles. The zero-order chi connectivity index (χ0) is 13.7. The number of benzene rings is 2. The minimum absolute atomic E-state index is 0.583. The molecular formula is C17H20O2. The van der Waals surface area contributed by atoms with Crippen LogP contribution in [0, 0.1) is 13.8 Å². The van der Waals surface area contributed by atoms with Gasteiger partial charge in [-0.25, -0.2) is 0 Å². The van der Waals surface area contributed by atoms with Gasteiger partial charge in [-0.3, -0.25) is 0 Å². The Bertz CT molecular complexity index is 487. The zero-order valence-corrected chi connectivity index (χ0v) is 11.7. The van der Waals surface area contributed by atoms with Crippen molar-refractivity contribution in [3.05, 3.63) is 59.7 Å². The largest absolute Gasteiger partial charge is 0.457 e. The van der Waals surface area contributed by atoms with Gasteiger partial charge in [-0.15, -0.1) is 0 Å². The highest BCUT2D eigenvalue weighted by molar-refractivity contribution is 5.40. The van der Waals surface area contributed by atoms with Crippen LogP contribution in [0.1, 0.15) is 18.1 Å². The van der Waals surface area contributed by atoms with Gasteiger partial charge in [-0.2, -0.15) is 0 Å². The molecule has 0 radical (unpaired) electrons. The lowest BCUT2D eigenvalue weighted by molar-refractivity contribution is 0.423. The Balaban J connectivity index is 0.000000284. The third-order valence-corrected chi connectivity index (χ3v) is 2.91. The summed E-state index contributed by atoms with van der Waals surface area (Å²) in [5.74, 6) is 1.85. The van der Waals surface area contributed by atoms with Crippen molar-refractivity contribution in [2.45, 2.75) is 26.9 Å². The Morgan fingerprint density at radius 2 is 1.26 bits per heavy atom. The third-order valence-electron chi connectivity index (χ3n) is 2.91. The van der Waals surface area contributed by atoms with Gasteiger partial charge < -0.3 is 9.47 Å². The van der Waals surface area contributed by atoms with E-state index in [1.807, 2.05) is 62.4 Å². The van der Waals surface area contributed by atoms with Crippen LogP contribution in [-0.4, -0.2) is 12.7 Å². The predicted molar refractivity (Wildman–Crippen MR) is 77.8 cm³/mol. The first-order chi connectivity index (χ1) is 9.16. The van der Waals surface area contributed by atoms with Crippen LogP contribution < -0.4 is 4.74 Å². The topological polar surface area (TPSA) is 21.8 Å². The molecule has 1 heterocycles. The fraction of sp³-hybridized carbons (Fsp3) is 0.294. The van der Waals surface area contributed by atoms with Crippen LogP contribution in [-0.2, 0) is 4.74 Å². The first-order valence-corrected chi connectivity index (χ1v) is 6.57. The van der Waals surface area contributed by atoms with E-state index >= 15 is 0 Å². The van der Waals surface area contributed by atoms with Crippen LogP contribution in [0.25, 0.3) is 0 Å². The monoisotopic (exact) mass is 256 g/mol. The molecule has 0 bridgehead atoms. The van der Waals surface area contributed by atoms with Gasteiger partial charge in [-0.05, 0) is 44.0 Å². The summed E-state index contributed by atoms with van der Waals surface area (Å²) in [5, 5.41) is 0. The molecule has 1 unspecified atom stereocenters. The molecule has 19 heavy (non-hydrogen) atoms. The van der Waals surface area contributed by atoms with Crippen molar-refractivity contribution in [3.8, 4) is 11.5 Å². The standard InChI is InChI=1S/C14H14O.C3H6O/c1-11-7-3-5-9-13(11)15-14-10-6-4-8-12(14)2;1-3-2-4-3/h3-10H,1-2H3;3H,2H2,1H3. The van der Waals surface area contributed by atoms with E-state index in [0.29, 0.717) is 6.10 Å². The summed E-state index contributed by atoms with van der Waals surface area (Å²) in [5.41, 5.74) is 2.31. The number of rotatable bonds is 2. The van der Waals surface area contributed by atoms with Crippen molar-refractivity contribution in [1.29, 1.82) is 0 Å². The lowest BCUT2D eigenvalue weighted by Crippen LogP contribution is -1.88. The fourth-order valence-electron chi connectivity index (χ4n) is 1.56. The molecule has 1 aliphatic heterocycles. The average Bonchev–Trinajstić information content (AvgIpc) is 3.18. The van der Waals surface area contributed by atoms with Crippen LogP contribution in [0.4, 0.5) is 0 Å². The van der Waals surface area contributed by atoms with Crippen molar-refractivity contribution < 1.29 is 9.47 Å². The highest BCUT2D eigenvalue weighted by Crippen LogP contribution is 2.26. The molecule has 1 fully saturated rings. The van der Waals surface area contributed by atoms with Gasteiger partial charge >= 0.3 is 0 Å². The molecule has 0 spiro atoms. The number of ether oxygens (including phenoxy) is 2. The molecule has 1 atom stereocenters. The van der Waals surface area contributed by atoms with E-state index in [4.69, 9.17) is 9.47 Å². The first-order valence-electron chi connectivity index (χ1n) is 6.57. The minimum atomic E-state index is 0.583. The Labute approximate surface area is 115 Å². The van der Waals surface area contributed by atoms with Gasteiger partial charge in [0.25, 0.3) is 0 Å². The van der Waals surface area contributed by atoms with Crippen molar-refractivity contribution in [2.24, 2.45) is 0 Å². The van der Waals surface area contributed by atoms with E-state index in [0.717, 1.165) is 29.2 Å². The van der Waals surface area contributed by atoms with Gasteiger partial charge in [-0.1, -0.05) is 36.4 Å². The van der Waals surface area contributed by atoms with E-state index in [2.05, 4.69) is 6.92 Å². The average molecular weight is 256 g/mol. The van der Waals surface area contributed by atoms with Crippen molar-refractivity contribution in [1.82, 2.24) is 0 Å². The molecule has 1 saturated heterocycles. The molecule has 2 aromatic carbocycles. The van der Waals surface area contributed by atoms with E-state index < -0.39 is 0 Å². The zero-order valence-electron chi connectivity index (χ0n) is 11.7. The molecular weight excluding hydrogens is 236 g/mol. The van der Waals surface area contributed by atoms with Crippen molar-refractivity contribution in [2.75, 3.05) is 6.61 Å². The highest BCUT2D eigenvalue weighted by Gasteiger charge is 2.13. The Morgan fingerprint density at radius 1 is 0.895 bits per heavy atom. The van der Waals surface area contributed by atoms with Crippen LogP contribution in [0.3, 0.4) is 0 Å². The molecule has 0 aromatic heterocycles. The molecule has 0 N–H and O–H groups in total. The maximum Gasteiger partial charge on any atom is 0.130 e. The normalized spacial score (nSPS) is 16.3. The number of epoxide rings is 1. The van der Waals surface area contributed by atoms with Gasteiger partial charge in [0.15, 0.2) is 0 Å². The molecule has 100 valence electrons. The quantitative estimate of drug-likeness (QED) is 0.738. The summed E-state index contributed by atoms with van der Waals surface area (Å²) < 4.78 is 10.5. The minimum Gasteiger partial charge on any atom is -0.457 e. The summed E-state index contributed by atoms with van der Waals surface area (Å²) in [4.78, 5) is 0. The maximum atomic E-state index is 5.84. The van der Waals surface area contributed by atoms with Crippen LogP contribution >= 0.6 is 0 Å². The van der Waals surface area contributed by atoms with E-state index in [9.17, 15) is 0 Å². The van der Waals surface area contributed by atoms with E-state index in [1.54, 1.807) is 0 Å². The lowest BCUT2D eigenvalue weighted by Gasteiger charge is -2.10.